The largest absolute Gasteiger partial charge is 0.465 e. The van der Waals surface area contributed by atoms with E-state index in [0.29, 0.717) is 31.2 Å². The lowest BCUT2D eigenvalue weighted by Gasteiger charge is -2.50. The van der Waals surface area contributed by atoms with Gasteiger partial charge in [-0.3, -0.25) is 4.79 Å². The van der Waals surface area contributed by atoms with Crippen LogP contribution in [0.25, 0.3) is 0 Å². The highest BCUT2D eigenvalue weighted by molar-refractivity contribution is 5.65. The summed E-state index contributed by atoms with van der Waals surface area (Å²) in [5.41, 5.74) is 1.43. The van der Waals surface area contributed by atoms with E-state index in [9.17, 15) is 4.79 Å². The maximum absolute atomic E-state index is 11.1. The van der Waals surface area contributed by atoms with Gasteiger partial charge in [-0.2, -0.15) is 0 Å². The average molecular weight is 252 g/mol. The van der Waals surface area contributed by atoms with Crippen LogP contribution in [0.15, 0.2) is 11.6 Å². The minimum atomic E-state index is -0.197. The van der Waals surface area contributed by atoms with Gasteiger partial charge in [-0.25, -0.2) is 0 Å². The fourth-order valence-electron chi connectivity index (χ4n) is 3.36. The van der Waals surface area contributed by atoms with Crippen molar-refractivity contribution in [1.82, 2.24) is 0 Å². The molecule has 0 unspecified atom stereocenters. The van der Waals surface area contributed by atoms with Crippen LogP contribution in [0.4, 0.5) is 0 Å². The molecule has 0 spiro atoms. The molecule has 4 atom stereocenters. The number of hydrogen-bond donors (Lipinski definition) is 0. The molecule has 0 aromatic carbocycles. The van der Waals surface area contributed by atoms with Crippen LogP contribution in [-0.4, -0.2) is 25.3 Å². The molecule has 2 bridgehead atoms. The van der Waals surface area contributed by atoms with E-state index in [1.54, 1.807) is 0 Å². The predicted molar refractivity (Wildman–Crippen MR) is 70.1 cm³/mol. The quantitative estimate of drug-likeness (QED) is 0.572. The molecule has 3 heteroatoms. The van der Waals surface area contributed by atoms with Gasteiger partial charge < -0.3 is 9.47 Å². The van der Waals surface area contributed by atoms with Gasteiger partial charge in [0, 0.05) is 18.3 Å². The Balaban J connectivity index is 2.19. The molecular weight excluding hydrogens is 228 g/mol. The summed E-state index contributed by atoms with van der Waals surface area (Å²) in [5, 5.41) is 0. The standard InChI is InChI=1S/C15H24O3/c1-5-14-13-7-15(9-18-14,8-17-12(4)16)11(3)6-10(13)2/h6,11,13-14H,5,7-9H2,1-4H3/t11-,13-,14-,15+/m0/s1. The Kier molecular flexibility index (Phi) is 3.81. The van der Waals surface area contributed by atoms with Crippen molar-refractivity contribution in [2.45, 2.75) is 46.6 Å². The summed E-state index contributed by atoms with van der Waals surface area (Å²) >= 11 is 0. The van der Waals surface area contributed by atoms with Crippen molar-refractivity contribution in [3.8, 4) is 0 Å². The van der Waals surface area contributed by atoms with E-state index in [4.69, 9.17) is 9.47 Å². The van der Waals surface area contributed by atoms with E-state index in [-0.39, 0.29) is 11.4 Å². The zero-order valence-corrected chi connectivity index (χ0v) is 11.9. The van der Waals surface area contributed by atoms with Crippen LogP contribution in [0, 0.1) is 17.3 Å². The molecular formula is C15H24O3. The molecule has 1 heterocycles. The normalized spacial score (nSPS) is 39.1. The van der Waals surface area contributed by atoms with E-state index in [0.717, 1.165) is 12.8 Å². The Morgan fingerprint density at radius 1 is 1.61 bits per heavy atom. The van der Waals surface area contributed by atoms with Crippen molar-refractivity contribution in [3.63, 3.8) is 0 Å². The number of carbonyl (C=O) groups is 1. The first-order valence-corrected chi connectivity index (χ1v) is 6.92. The Labute approximate surface area is 110 Å². The number of rotatable bonds is 3. The zero-order chi connectivity index (χ0) is 13.3. The van der Waals surface area contributed by atoms with Gasteiger partial charge in [0.2, 0.25) is 0 Å². The summed E-state index contributed by atoms with van der Waals surface area (Å²) in [6, 6.07) is 0. The van der Waals surface area contributed by atoms with Crippen LogP contribution < -0.4 is 0 Å². The van der Waals surface area contributed by atoms with Crippen molar-refractivity contribution in [1.29, 1.82) is 0 Å². The summed E-state index contributed by atoms with van der Waals surface area (Å²) < 4.78 is 11.3. The third kappa shape index (κ3) is 2.33. The zero-order valence-electron chi connectivity index (χ0n) is 11.9. The van der Waals surface area contributed by atoms with E-state index < -0.39 is 0 Å². The van der Waals surface area contributed by atoms with Crippen molar-refractivity contribution < 1.29 is 14.3 Å². The number of carbonyl (C=O) groups excluding carboxylic acids is 1. The van der Waals surface area contributed by atoms with Gasteiger partial charge in [0.25, 0.3) is 0 Å². The number of hydrogen-bond acceptors (Lipinski definition) is 3. The minimum Gasteiger partial charge on any atom is -0.465 e. The SMILES string of the molecule is CC[C@@H]1OC[C@]2(COC(C)=O)C[C@H]1C(C)=C[C@@H]2C. The average Bonchev–Trinajstić information content (AvgIpc) is 2.34. The van der Waals surface area contributed by atoms with Crippen molar-refractivity contribution in [2.75, 3.05) is 13.2 Å². The fraction of sp³-hybridized carbons (Fsp3) is 0.800. The van der Waals surface area contributed by atoms with Gasteiger partial charge in [0.1, 0.15) is 0 Å². The first kappa shape index (κ1) is 13.6. The molecule has 1 saturated heterocycles. The monoisotopic (exact) mass is 252 g/mol. The molecule has 102 valence electrons. The summed E-state index contributed by atoms with van der Waals surface area (Å²) in [6.07, 6.45) is 4.82. The molecule has 1 aliphatic heterocycles. The van der Waals surface area contributed by atoms with Crippen molar-refractivity contribution >= 4 is 5.97 Å². The lowest BCUT2D eigenvalue weighted by molar-refractivity contribution is -0.161. The number of fused-ring (bicyclic) bond motifs is 2. The minimum absolute atomic E-state index is 0.0124. The molecule has 3 nitrogen and oxygen atoms in total. The first-order valence-electron chi connectivity index (χ1n) is 6.92. The summed E-state index contributed by atoms with van der Waals surface area (Å²) in [4.78, 5) is 11.1. The molecule has 0 radical (unpaired) electrons. The van der Waals surface area contributed by atoms with Crippen LogP contribution in [0.5, 0.6) is 0 Å². The van der Waals surface area contributed by atoms with Gasteiger partial charge >= 0.3 is 5.97 Å². The van der Waals surface area contributed by atoms with Gasteiger partial charge in [0.05, 0.1) is 19.3 Å². The Morgan fingerprint density at radius 2 is 2.33 bits per heavy atom. The lowest BCUT2D eigenvalue weighted by Crippen LogP contribution is -2.50. The van der Waals surface area contributed by atoms with Crippen LogP contribution in [0.3, 0.4) is 0 Å². The third-order valence-electron chi connectivity index (χ3n) is 4.69. The van der Waals surface area contributed by atoms with E-state index in [2.05, 4.69) is 26.8 Å². The molecule has 1 fully saturated rings. The van der Waals surface area contributed by atoms with Crippen LogP contribution in [0.2, 0.25) is 0 Å². The Hall–Kier alpha value is -0.830. The van der Waals surface area contributed by atoms with Crippen LogP contribution >= 0.6 is 0 Å². The van der Waals surface area contributed by atoms with Crippen LogP contribution in [0.1, 0.15) is 40.5 Å². The van der Waals surface area contributed by atoms with Gasteiger partial charge in [-0.05, 0) is 25.7 Å². The highest BCUT2D eigenvalue weighted by Crippen LogP contribution is 2.49. The smallest absolute Gasteiger partial charge is 0.302 e. The highest BCUT2D eigenvalue weighted by Gasteiger charge is 2.48. The summed E-state index contributed by atoms with van der Waals surface area (Å²) in [7, 11) is 0. The number of ether oxygens (including phenoxy) is 2. The maximum atomic E-state index is 11.1. The molecule has 2 aliphatic rings. The van der Waals surface area contributed by atoms with Gasteiger partial charge in [-0.1, -0.05) is 25.5 Å². The molecule has 0 saturated carbocycles. The second kappa shape index (κ2) is 5.04. The summed E-state index contributed by atoms with van der Waals surface area (Å²) in [6.45, 7) is 9.25. The summed E-state index contributed by atoms with van der Waals surface area (Å²) in [5.74, 6) is 0.707. The predicted octanol–water partition coefficient (Wildman–Crippen LogP) is 2.95. The van der Waals surface area contributed by atoms with Gasteiger partial charge in [0.15, 0.2) is 0 Å². The number of allylic oxidation sites excluding steroid dienone is 1. The Bertz CT molecular complexity index is 361. The van der Waals surface area contributed by atoms with Crippen molar-refractivity contribution in [2.24, 2.45) is 17.3 Å². The maximum Gasteiger partial charge on any atom is 0.302 e. The topological polar surface area (TPSA) is 35.5 Å². The third-order valence-corrected chi connectivity index (χ3v) is 4.69. The first-order chi connectivity index (χ1) is 8.48. The molecule has 0 N–H and O–H groups in total. The van der Waals surface area contributed by atoms with Crippen molar-refractivity contribution in [3.05, 3.63) is 11.6 Å². The van der Waals surface area contributed by atoms with Crippen LogP contribution in [-0.2, 0) is 14.3 Å². The molecule has 0 amide bonds. The molecule has 18 heavy (non-hydrogen) atoms. The second-order valence-corrected chi connectivity index (χ2v) is 5.91. The number of esters is 1. The molecule has 0 aromatic rings. The fourth-order valence-corrected chi connectivity index (χ4v) is 3.36. The molecule has 0 aromatic heterocycles. The van der Waals surface area contributed by atoms with E-state index in [1.165, 1.54) is 12.5 Å². The molecule has 2 rings (SSSR count). The van der Waals surface area contributed by atoms with E-state index >= 15 is 0 Å². The second-order valence-electron chi connectivity index (χ2n) is 5.91. The highest BCUT2D eigenvalue weighted by atomic mass is 16.5. The Morgan fingerprint density at radius 3 is 2.94 bits per heavy atom. The van der Waals surface area contributed by atoms with Gasteiger partial charge in [-0.15, -0.1) is 0 Å². The molecule has 1 aliphatic carbocycles. The lowest BCUT2D eigenvalue weighted by atomic mass is 9.62. The van der Waals surface area contributed by atoms with E-state index in [1.807, 2.05) is 0 Å².